The van der Waals surface area contributed by atoms with Crippen LogP contribution >= 0.6 is 21.2 Å². The van der Waals surface area contributed by atoms with Gasteiger partial charge in [0, 0.05) is 5.57 Å². The van der Waals surface area contributed by atoms with Crippen molar-refractivity contribution in [2.75, 3.05) is 6.61 Å². The highest BCUT2D eigenvalue weighted by molar-refractivity contribution is 7.97. The van der Waals surface area contributed by atoms with E-state index in [1.165, 1.54) is 12.2 Å². The van der Waals surface area contributed by atoms with Crippen molar-refractivity contribution in [1.29, 1.82) is 0 Å². The summed E-state index contributed by atoms with van der Waals surface area (Å²) in [6.07, 6.45) is 2.69. The zero-order chi connectivity index (χ0) is 11.1. The van der Waals surface area contributed by atoms with E-state index in [0.717, 1.165) is 0 Å². The van der Waals surface area contributed by atoms with Crippen molar-refractivity contribution in [3.8, 4) is 0 Å². The average Bonchev–Trinajstić information content (AvgIpc) is 2.10. The minimum absolute atomic E-state index is 0.115. The summed E-state index contributed by atoms with van der Waals surface area (Å²) in [5.41, 5.74) is 0.649. The van der Waals surface area contributed by atoms with Crippen LogP contribution in [0.5, 0.6) is 0 Å². The first-order valence-corrected chi connectivity index (χ1v) is 5.16. The molecule has 0 unspecified atom stereocenters. The summed E-state index contributed by atoms with van der Waals surface area (Å²) in [5, 5.41) is -0.473. The Labute approximate surface area is 89.0 Å². The summed E-state index contributed by atoms with van der Waals surface area (Å²) in [5.74, 6) is 0. The van der Waals surface area contributed by atoms with Crippen LogP contribution in [0.4, 0.5) is 0 Å². The van der Waals surface area contributed by atoms with Gasteiger partial charge in [-0.1, -0.05) is 25.3 Å². The van der Waals surface area contributed by atoms with Crippen molar-refractivity contribution in [1.82, 2.24) is 0 Å². The number of hydrogen-bond donors (Lipinski definition) is 3. The molecule has 0 radical (unpaired) electrons. The van der Waals surface area contributed by atoms with Crippen LogP contribution in [0.1, 0.15) is 0 Å². The second kappa shape index (κ2) is 6.92. The van der Waals surface area contributed by atoms with Crippen LogP contribution in [0.2, 0.25) is 0 Å². The van der Waals surface area contributed by atoms with Gasteiger partial charge in [-0.2, -0.15) is 0 Å². The number of thiol groups is 1. The standard InChI is InChI=1S/C8H11O4PS/c1-3-6(5-12-13(10)11)7(4-2)8(9)14/h3-4,10-11H,1-2,5H2,(H,9,14)/b7-6-. The fraction of sp³-hybridized carbons (Fsp3) is 0.125. The van der Waals surface area contributed by atoms with Crippen molar-refractivity contribution in [3.05, 3.63) is 36.5 Å². The number of rotatable bonds is 6. The van der Waals surface area contributed by atoms with Gasteiger partial charge in [0.05, 0.1) is 6.61 Å². The smallest absolute Gasteiger partial charge is 0.327 e. The van der Waals surface area contributed by atoms with Crippen LogP contribution in [0.15, 0.2) is 36.5 Å². The van der Waals surface area contributed by atoms with Crippen LogP contribution in [-0.2, 0) is 9.32 Å². The Kier molecular flexibility index (Phi) is 6.70. The van der Waals surface area contributed by atoms with E-state index in [0.29, 0.717) is 5.57 Å². The molecule has 0 aliphatic carbocycles. The van der Waals surface area contributed by atoms with E-state index in [9.17, 15) is 4.79 Å². The normalized spacial score (nSPS) is 12.3. The van der Waals surface area contributed by atoms with Crippen molar-refractivity contribution >= 4 is 26.3 Å². The SMILES string of the molecule is C=C/C(COP(O)O)=C(\C=C)C(=O)S. The second-order valence-electron chi connectivity index (χ2n) is 2.18. The van der Waals surface area contributed by atoms with E-state index in [4.69, 9.17) is 9.79 Å². The molecule has 14 heavy (non-hydrogen) atoms. The summed E-state index contributed by atoms with van der Waals surface area (Å²) in [7, 11) is -2.44. The predicted molar refractivity (Wildman–Crippen MR) is 58.7 cm³/mol. The van der Waals surface area contributed by atoms with Gasteiger partial charge < -0.3 is 14.3 Å². The number of carbonyl (C=O) groups is 1. The first kappa shape index (κ1) is 13.5. The molecule has 0 bridgehead atoms. The molecule has 0 aromatic rings. The van der Waals surface area contributed by atoms with E-state index >= 15 is 0 Å². The molecule has 0 aliphatic heterocycles. The van der Waals surface area contributed by atoms with Gasteiger partial charge in [0.25, 0.3) is 0 Å². The van der Waals surface area contributed by atoms with Crippen LogP contribution in [0, 0.1) is 0 Å². The Morgan fingerprint density at radius 3 is 2.29 bits per heavy atom. The molecule has 0 saturated heterocycles. The third kappa shape index (κ3) is 4.69. The van der Waals surface area contributed by atoms with Crippen molar-refractivity contribution in [3.63, 3.8) is 0 Å². The molecule has 0 atom stereocenters. The van der Waals surface area contributed by atoms with E-state index in [1.54, 1.807) is 0 Å². The lowest BCUT2D eigenvalue weighted by Gasteiger charge is -2.07. The Balaban J connectivity index is 4.72. The minimum Gasteiger partial charge on any atom is -0.328 e. The Morgan fingerprint density at radius 1 is 1.43 bits per heavy atom. The third-order valence-corrected chi connectivity index (χ3v) is 1.96. The van der Waals surface area contributed by atoms with E-state index < -0.39 is 13.7 Å². The third-order valence-electron chi connectivity index (χ3n) is 1.36. The Hall–Kier alpha value is -0.450. The molecular formula is C8H11O4PS. The highest BCUT2D eigenvalue weighted by atomic mass is 32.1. The van der Waals surface area contributed by atoms with Crippen molar-refractivity contribution in [2.24, 2.45) is 0 Å². The zero-order valence-electron chi connectivity index (χ0n) is 7.38. The summed E-state index contributed by atoms with van der Waals surface area (Å²) >= 11 is 3.62. The lowest BCUT2D eigenvalue weighted by atomic mass is 10.1. The van der Waals surface area contributed by atoms with Crippen LogP contribution < -0.4 is 0 Å². The number of hydrogen-bond acceptors (Lipinski definition) is 4. The fourth-order valence-electron chi connectivity index (χ4n) is 0.730. The molecule has 0 fully saturated rings. The molecule has 0 heterocycles. The molecule has 6 heteroatoms. The van der Waals surface area contributed by atoms with Crippen molar-refractivity contribution < 1.29 is 19.1 Å². The molecule has 0 amide bonds. The zero-order valence-corrected chi connectivity index (χ0v) is 9.17. The maximum atomic E-state index is 10.9. The maximum absolute atomic E-state index is 10.9. The number of allylic oxidation sites excluding steroid dienone is 1. The predicted octanol–water partition coefficient (Wildman–Crippen LogP) is 1.34. The topological polar surface area (TPSA) is 66.8 Å². The molecule has 2 N–H and O–H groups in total. The van der Waals surface area contributed by atoms with Crippen LogP contribution in [-0.4, -0.2) is 21.5 Å². The summed E-state index contributed by atoms with van der Waals surface area (Å²) in [6, 6.07) is 0. The largest absolute Gasteiger partial charge is 0.328 e. The molecule has 0 aliphatic rings. The highest BCUT2D eigenvalue weighted by Gasteiger charge is 2.08. The first-order valence-electron chi connectivity index (χ1n) is 3.55. The van der Waals surface area contributed by atoms with Gasteiger partial charge >= 0.3 is 8.60 Å². The molecule has 0 saturated carbocycles. The van der Waals surface area contributed by atoms with E-state index in [-0.39, 0.29) is 12.2 Å². The molecule has 0 spiro atoms. The quantitative estimate of drug-likeness (QED) is 0.281. The van der Waals surface area contributed by atoms with E-state index in [1.807, 2.05) is 0 Å². The Bertz CT molecular complexity index is 273. The Morgan fingerprint density at radius 2 is 2.00 bits per heavy atom. The highest BCUT2D eigenvalue weighted by Crippen LogP contribution is 2.26. The maximum Gasteiger partial charge on any atom is 0.327 e. The summed E-state index contributed by atoms with van der Waals surface area (Å²) < 4.78 is 4.54. The second-order valence-corrected chi connectivity index (χ2v) is 3.35. The van der Waals surface area contributed by atoms with Gasteiger partial charge in [-0.25, -0.2) is 0 Å². The summed E-state index contributed by atoms with van der Waals surface area (Å²) in [6.45, 7) is 6.77. The average molecular weight is 234 g/mol. The monoisotopic (exact) mass is 234 g/mol. The molecular weight excluding hydrogens is 223 g/mol. The minimum atomic E-state index is -2.44. The van der Waals surface area contributed by atoms with Gasteiger partial charge in [-0.15, -0.1) is 12.6 Å². The van der Waals surface area contributed by atoms with Gasteiger partial charge in [-0.05, 0) is 5.57 Å². The fourth-order valence-corrected chi connectivity index (χ4v) is 1.22. The lowest BCUT2D eigenvalue weighted by Crippen LogP contribution is -2.00. The lowest BCUT2D eigenvalue weighted by molar-refractivity contribution is -0.107. The van der Waals surface area contributed by atoms with Crippen LogP contribution in [0.3, 0.4) is 0 Å². The summed E-state index contributed by atoms with van der Waals surface area (Å²) in [4.78, 5) is 27.9. The van der Waals surface area contributed by atoms with Crippen molar-refractivity contribution in [2.45, 2.75) is 0 Å². The van der Waals surface area contributed by atoms with Gasteiger partial charge in [-0.3, -0.25) is 4.79 Å². The van der Waals surface area contributed by atoms with Gasteiger partial charge in [0.1, 0.15) is 0 Å². The van der Waals surface area contributed by atoms with Gasteiger partial charge in [0.2, 0.25) is 5.12 Å². The van der Waals surface area contributed by atoms with Gasteiger partial charge in [0.15, 0.2) is 0 Å². The first-order chi connectivity index (χ1) is 6.52. The molecule has 0 aromatic carbocycles. The molecule has 4 nitrogen and oxygen atoms in total. The van der Waals surface area contributed by atoms with Crippen LogP contribution in [0.25, 0.3) is 0 Å². The molecule has 78 valence electrons. The molecule has 0 rings (SSSR count). The van der Waals surface area contributed by atoms with E-state index in [2.05, 4.69) is 30.3 Å². The molecule has 0 aromatic heterocycles. The number of carbonyl (C=O) groups excluding carboxylic acids is 1.